The Labute approximate surface area is 168 Å². The molecular weight excluding hydrogens is 350 g/mol. The second kappa shape index (κ2) is 8.64. The van der Waals surface area contributed by atoms with Crippen LogP contribution in [0.1, 0.15) is 49.7 Å². The van der Waals surface area contributed by atoms with E-state index in [1.54, 1.807) is 0 Å². The predicted octanol–water partition coefficient (Wildman–Crippen LogP) is 2.82. The van der Waals surface area contributed by atoms with Crippen LogP contribution in [0.15, 0.2) is 24.3 Å². The van der Waals surface area contributed by atoms with Crippen molar-refractivity contribution in [2.24, 2.45) is 5.92 Å². The summed E-state index contributed by atoms with van der Waals surface area (Å²) < 4.78 is 0. The number of rotatable bonds is 3. The van der Waals surface area contributed by atoms with Gasteiger partial charge in [0.25, 0.3) is 0 Å². The first-order chi connectivity index (χ1) is 13.6. The average Bonchev–Trinajstić information content (AvgIpc) is 2.93. The third-order valence-electron chi connectivity index (χ3n) is 6.75. The molecule has 5 heteroatoms. The summed E-state index contributed by atoms with van der Waals surface area (Å²) in [5, 5.41) is 0. The lowest BCUT2D eigenvalue weighted by molar-refractivity contribution is -0.142. The van der Waals surface area contributed by atoms with Gasteiger partial charge in [-0.05, 0) is 31.7 Å². The fourth-order valence-electron chi connectivity index (χ4n) is 5.11. The fourth-order valence-corrected chi connectivity index (χ4v) is 5.11. The summed E-state index contributed by atoms with van der Waals surface area (Å²) in [4.78, 5) is 32.5. The molecule has 3 aliphatic rings. The van der Waals surface area contributed by atoms with Crippen molar-refractivity contribution in [3.63, 3.8) is 0 Å². The summed E-state index contributed by atoms with van der Waals surface area (Å²) in [5.41, 5.74) is 2.43. The van der Waals surface area contributed by atoms with E-state index in [0.717, 1.165) is 52.0 Å². The van der Waals surface area contributed by atoms with E-state index in [9.17, 15) is 9.59 Å². The highest BCUT2D eigenvalue weighted by atomic mass is 16.2. The smallest absolute Gasteiger partial charge is 0.240 e. The molecule has 5 nitrogen and oxygen atoms in total. The molecule has 0 aromatic heterocycles. The molecule has 2 saturated heterocycles. The number of carbonyl (C=O) groups excluding carboxylic acids is 2. The topological polar surface area (TPSA) is 43.9 Å². The van der Waals surface area contributed by atoms with Crippen LogP contribution in [0.3, 0.4) is 0 Å². The lowest BCUT2D eigenvalue weighted by Crippen LogP contribution is -2.56. The van der Waals surface area contributed by atoms with Crippen molar-refractivity contribution in [2.75, 3.05) is 32.7 Å². The lowest BCUT2D eigenvalue weighted by atomic mass is 9.88. The lowest BCUT2D eigenvalue weighted by Gasteiger charge is -2.39. The van der Waals surface area contributed by atoms with Gasteiger partial charge in [-0.2, -0.15) is 0 Å². The van der Waals surface area contributed by atoms with E-state index in [1.165, 1.54) is 30.4 Å². The summed E-state index contributed by atoms with van der Waals surface area (Å²) in [7, 11) is 0. The molecule has 28 heavy (non-hydrogen) atoms. The predicted molar refractivity (Wildman–Crippen MR) is 110 cm³/mol. The zero-order chi connectivity index (χ0) is 19.5. The highest BCUT2D eigenvalue weighted by Crippen LogP contribution is 2.27. The van der Waals surface area contributed by atoms with E-state index < -0.39 is 0 Å². The van der Waals surface area contributed by atoms with Crippen LogP contribution in [0.4, 0.5) is 0 Å². The highest BCUT2D eigenvalue weighted by molar-refractivity contribution is 5.83. The number of hydrogen-bond acceptors (Lipinski definition) is 3. The molecular formula is C23H33N3O2. The van der Waals surface area contributed by atoms with E-state index in [-0.39, 0.29) is 17.9 Å². The van der Waals surface area contributed by atoms with E-state index in [0.29, 0.717) is 12.5 Å². The van der Waals surface area contributed by atoms with Crippen LogP contribution in [0.5, 0.6) is 0 Å². The Balaban J connectivity index is 1.38. The van der Waals surface area contributed by atoms with E-state index in [4.69, 9.17) is 0 Å². The van der Waals surface area contributed by atoms with Crippen molar-refractivity contribution in [1.29, 1.82) is 0 Å². The normalized spacial score (nSPS) is 24.8. The number of carbonyl (C=O) groups is 2. The number of hydrogen-bond donors (Lipinski definition) is 0. The van der Waals surface area contributed by atoms with E-state index in [2.05, 4.69) is 36.1 Å². The Morgan fingerprint density at radius 3 is 2.57 bits per heavy atom. The van der Waals surface area contributed by atoms with Crippen molar-refractivity contribution in [2.45, 2.75) is 58.0 Å². The molecule has 0 bridgehead atoms. The molecule has 1 saturated carbocycles. The van der Waals surface area contributed by atoms with Crippen molar-refractivity contribution >= 4 is 11.8 Å². The molecule has 1 unspecified atom stereocenters. The largest absolute Gasteiger partial charge is 0.341 e. The molecule has 4 rings (SSSR count). The number of amides is 2. The maximum atomic E-state index is 13.2. The Morgan fingerprint density at radius 1 is 1.00 bits per heavy atom. The van der Waals surface area contributed by atoms with E-state index >= 15 is 0 Å². The number of piperazine rings is 1. The van der Waals surface area contributed by atoms with Crippen LogP contribution >= 0.6 is 0 Å². The monoisotopic (exact) mass is 383 g/mol. The SMILES string of the molecule is Cc1cccc(CN2CCN3CCN(C(=O)C4CCCCC4)CCC3C2=O)c1. The standard InChI is InChI=1S/C23H33N3O2/c1-18-6-5-7-19(16-18)17-26-15-13-24-12-14-25(11-10-21(24)23(26)28)22(27)20-8-3-2-4-9-20/h5-7,16,20-21H,2-4,8-15,17H2,1H3. The molecule has 3 fully saturated rings. The molecule has 1 aromatic carbocycles. The molecule has 0 radical (unpaired) electrons. The molecule has 1 aliphatic carbocycles. The molecule has 0 spiro atoms. The number of aryl methyl sites for hydroxylation is 1. The Morgan fingerprint density at radius 2 is 1.79 bits per heavy atom. The second-order valence-electron chi connectivity index (χ2n) is 8.75. The third kappa shape index (κ3) is 4.24. The number of benzene rings is 1. The molecule has 0 N–H and O–H groups in total. The van der Waals surface area contributed by atoms with Crippen LogP contribution in [-0.2, 0) is 16.1 Å². The maximum Gasteiger partial charge on any atom is 0.240 e. The van der Waals surface area contributed by atoms with Crippen LogP contribution < -0.4 is 0 Å². The third-order valence-corrected chi connectivity index (χ3v) is 6.75. The van der Waals surface area contributed by atoms with Crippen LogP contribution in [0.2, 0.25) is 0 Å². The quantitative estimate of drug-likeness (QED) is 0.806. The van der Waals surface area contributed by atoms with E-state index in [1.807, 2.05) is 9.80 Å². The van der Waals surface area contributed by atoms with Gasteiger partial charge in [-0.15, -0.1) is 0 Å². The zero-order valence-corrected chi connectivity index (χ0v) is 17.1. The van der Waals surface area contributed by atoms with Gasteiger partial charge in [0, 0.05) is 45.2 Å². The van der Waals surface area contributed by atoms with Gasteiger partial charge in [-0.3, -0.25) is 14.5 Å². The first kappa shape index (κ1) is 19.4. The molecule has 152 valence electrons. The van der Waals surface area contributed by atoms with Crippen molar-refractivity contribution in [3.05, 3.63) is 35.4 Å². The molecule has 1 atom stereocenters. The van der Waals surface area contributed by atoms with Gasteiger partial charge in [0.05, 0.1) is 6.04 Å². The van der Waals surface area contributed by atoms with Gasteiger partial charge >= 0.3 is 0 Å². The van der Waals surface area contributed by atoms with Crippen molar-refractivity contribution < 1.29 is 9.59 Å². The molecule has 1 aromatic rings. The summed E-state index contributed by atoms with van der Waals surface area (Å²) in [6.07, 6.45) is 6.50. The Kier molecular flexibility index (Phi) is 6.00. The van der Waals surface area contributed by atoms with Crippen LogP contribution in [0, 0.1) is 12.8 Å². The van der Waals surface area contributed by atoms with Gasteiger partial charge in [0.2, 0.25) is 11.8 Å². The number of nitrogens with zero attached hydrogens (tertiary/aromatic N) is 3. The summed E-state index contributed by atoms with van der Waals surface area (Å²) in [6.45, 7) is 6.79. The summed E-state index contributed by atoms with van der Waals surface area (Å²) >= 11 is 0. The minimum absolute atomic E-state index is 0.0669. The maximum absolute atomic E-state index is 13.2. The minimum atomic E-state index is -0.0669. The first-order valence-corrected chi connectivity index (χ1v) is 11.0. The van der Waals surface area contributed by atoms with Gasteiger partial charge < -0.3 is 9.80 Å². The average molecular weight is 384 g/mol. The van der Waals surface area contributed by atoms with Crippen molar-refractivity contribution in [3.8, 4) is 0 Å². The number of fused-ring (bicyclic) bond motifs is 1. The first-order valence-electron chi connectivity index (χ1n) is 11.0. The van der Waals surface area contributed by atoms with Gasteiger partial charge in [-0.25, -0.2) is 0 Å². The van der Waals surface area contributed by atoms with Gasteiger partial charge in [-0.1, -0.05) is 49.1 Å². The van der Waals surface area contributed by atoms with Gasteiger partial charge in [0.15, 0.2) is 0 Å². The van der Waals surface area contributed by atoms with Crippen molar-refractivity contribution in [1.82, 2.24) is 14.7 Å². The Bertz CT molecular complexity index is 714. The summed E-state index contributed by atoms with van der Waals surface area (Å²) in [6, 6.07) is 8.35. The zero-order valence-electron chi connectivity index (χ0n) is 17.1. The highest BCUT2D eigenvalue weighted by Gasteiger charge is 2.38. The van der Waals surface area contributed by atoms with Crippen LogP contribution in [0.25, 0.3) is 0 Å². The Hall–Kier alpha value is -1.88. The molecule has 2 heterocycles. The van der Waals surface area contributed by atoms with Crippen LogP contribution in [-0.4, -0.2) is 65.3 Å². The minimum Gasteiger partial charge on any atom is -0.341 e. The van der Waals surface area contributed by atoms with Gasteiger partial charge in [0.1, 0.15) is 0 Å². The molecule has 2 amide bonds. The summed E-state index contributed by atoms with van der Waals surface area (Å²) in [5.74, 6) is 0.792. The fraction of sp³-hybridized carbons (Fsp3) is 0.652. The molecule has 2 aliphatic heterocycles. The second-order valence-corrected chi connectivity index (χ2v) is 8.75.